The lowest BCUT2D eigenvalue weighted by atomic mass is 10.3. The predicted octanol–water partition coefficient (Wildman–Crippen LogP) is 7.05. The lowest BCUT2D eigenvalue weighted by molar-refractivity contribution is 0.0996. The van der Waals surface area contributed by atoms with Crippen molar-refractivity contribution in [3.63, 3.8) is 0 Å². The molecule has 0 unspecified atom stereocenters. The van der Waals surface area contributed by atoms with E-state index in [1.165, 1.54) is 38.1 Å². The maximum absolute atomic E-state index is 11.5. The molecule has 0 aromatic carbocycles. The molecule has 0 fully saturated rings. The van der Waals surface area contributed by atoms with Gasteiger partial charge < -0.3 is 13.7 Å². The van der Waals surface area contributed by atoms with Crippen LogP contribution in [0, 0.1) is 0 Å². The van der Waals surface area contributed by atoms with Gasteiger partial charge in [-0.25, -0.2) is 23.4 Å². The number of hydrogen-bond donors (Lipinski definition) is 0. The highest BCUT2D eigenvalue weighted by molar-refractivity contribution is 7.99. The Morgan fingerprint density at radius 1 is 0.705 bits per heavy atom. The number of ketones is 3. The predicted molar refractivity (Wildman–Crippen MR) is 184 cm³/mol. The van der Waals surface area contributed by atoms with Crippen molar-refractivity contribution in [1.29, 1.82) is 0 Å². The summed E-state index contributed by atoms with van der Waals surface area (Å²) in [4.78, 5) is 45.1. The number of sulfone groups is 1. The van der Waals surface area contributed by atoms with Crippen LogP contribution in [0.3, 0.4) is 0 Å². The minimum Gasteiger partial charge on any atom is -0.329 e. The first-order chi connectivity index (χ1) is 19.1. The molecule has 0 spiro atoms. The maximum Gasteiger partial charge on any atom is 0.227 e. The Morgan fingerprint density at radius 3 is 1.45 bits per heavy atom. The van der Waals surface area contributed by atoms with Crippen LogP contribution >= 0.6 is 11.8 Å². The summed E-state index contributed by atoms with van der Waals surface area (Å²) in [5.41, 5.74) is 1.67. The van der Waals surface area contributed by atoms with Crippen molar-refractivity contribution in [1.82, 2.24) is 28.7 Å². The quantitative estimate of drug-likeness (QED) is 0.175. The molecule has 0 N–H and O–H groups in total. The molecule has 11 nitrogen and oxygen atoms in total. The fraction of sp³-hybridized carbons (Fsp3) is 0.613. The molecule has 3 rings (SSSR count). The van der Waals surface area contributed by atoms with Crippen molar-refractivity contribution in [2.24, 2.45) is 21.1 Å². The zero-order valence-corrected chi connectivity index (χ0v) is 27.9. The van der Waals surface area contributed by atoms with E-state index < -0.39 is 9.84 Å². The van der Waals surface area contributed by atoms with Gasteiger partial charge in [-0.15, -0.1) is 0 Å². The van der Waals surface area contributed by atoms with Crippen molar-refractivity contribution in [3.05, 3.63) is 41.5 Å². The summed E-state index contributed by atoms with van der Waals surface area (Å²) in [6, 6.07) is 0. The average molecular weight is 659 g/mol. The van der Waals surface area contributed by atoms with E-state index in [0.29, 0.717) is 17.1 Å². The lowest BCUT2D eigenvalue weighted by Gasteiger charge is -2.02. The molecule has 0 saturated heterocycles. The van der Waals surface area contributed by atoms with Crippen LogP contribution in [0.5, 0.6) is 0 Å². The second-order valence-corrected chi connectivity index (χ2v) is 12.5. The molecule has 0 aliphatic carbocycles. The first-order valence-corrected chi connectivity index (χ1v) is 16.2. The summed E-state index contributed by atoms with van der Waals surface area (Å²) in [7, 11) is 1.92. The van der Waals surface area contributed by atoms with Gasteiger partial charge in [0, 0.05) is 48.3 Å². The van der Waals surface area contributed by atoms with E-state index in [2.05, 4.69) is 42.6 Å². The highest BCUT2D eigenvalue weighted by Crippen LogP contribution is 2.16. The SMILES string of the molecule is C.C.C.CCC.CCCc1ncc(C(C)=O)n1C.CCS(=O)(=O)c1ncc(C(C)=O)n1C.CCSc1ncc(C(C)=O)n1C. The number of hydrogen-bond acceptors (Lipinski definition) is 9. The first kappa shape index (κ1) is 47.9. The molecule has 0 saturated carbocycles. The topological polar surface area (TPSA) is 139 Å². The number of imidazole rings is 3. The number of carbonyl (C=O) groups excluding carboxylic acids is 3. The van der Waals surface area contributed by atoms with E-state index in [1.807, 2.05) is 23.2 Å². The zero-order valence-electron chi connectivity index (χ0n) is 26.3. The number of aromatic nitrogens is 6. The highest BCUT2D eigenvalue weighted by Gasteiger charge is 2.20. The average Bonchev–Trinajstić information content (AvgIpc) is 3.58. The van der Waals surface area contributed by atoms with E-state index in [0.717, 1.165) is 29.6 Å². The molecule has 0 aliphatic heterocycles. The number of Topliss-reactive ketones (excluding diaryl/α,β-unsaturated/α-hetero) is 3. The van der Waals surface area contributed by atoms with Gasteiger partial charge >= 0.3 is 0 Å². The minimum atomic E-state index is -3.34. The number of nitrogens with zero attached hydrogens (tertiary/aromatic N) is 6. The summed E-state index contributed by atoms with van der Waals surface area (Å²) in [5, 5.41) is 0.855. The van der Waals surface area contributed by atoms with Crippen LogP contribution in [0.4, 0.5) is 0 Å². The number of rotatable bonds is 9. The molecule has 0 amide bonds. The third kappa shape index (κ3) is 14.1. The summed E-state index contributed by atoms with van der Waals surface area (Å²) in [6.07, 6.45) is 7.80. The van der Waals surface area contributed by atoms with Gasteiger partial charge in [0.15, 0.2) is 22.5 Å². The molecule has 0 bridgehead atoms. The number of aryl methyl sites for hydroxylation is 1. The van der Waals surface area contributed by atoms with Crippen molar-refractivity contribution >= 4 is 38.9 Å². The van der Waals surface area contributed by atoms with Gasteiger partial charge in [0.05, 0.1) is 24.3 Å². The molecule has 13 heteroatoms. The second kappa shape index (κ2) is 23.3. The molecule has 0 aliphatic rings. The lowest BCUT2D eigenvalue weighted by Crippen LogP contribution is -2.12. The summed E-state index contributed by atoms with van der Waals surface area (Å²) < 4.78 is 27.9. The molecule has 44 heavy (non-hydrogen) atoms. The van der Waals surface area contributed by atoms with E-state index in [9.17, 15) is 22.8 Å². The highest BCUT2D eigenvalue weighted by atomic mass is 32.2. The summed E-state index contributed by atoms with van der Waals surface area (Å²) in [5.74, 6) is 1.89. The maximum atomic E-state index is 11.5. The Hall–Kier alpha value is -3.06. The van der Waals surface area contributed by atoms with Gasteiger partial charge in [0.1, 0.15) is 22.9 Å². The van der Waals surface area contributed by atoms with Crippen LogP contribution < -0.4 is 0 Å². The van der Waals surface area contributed by atoms with Crippen LogP contribution in [0.2, 0.25) is 0 Å². The van der Waals surface area contributed by atoms with Crippen LogP contribution in [0.15, 0.2) is 28.9 Å². The minimum absolute atomic E-state index is 0. The fourth-order valence-electron chi connectivity index (χ4n) is 3.35. The van der Waals surface area contributed by atoms with Gasteiger partial charge in [0.25, 0.3) is 0 Å². The Bertz CT molecular complexity index is 1330. The Labute approximate surface area is 271 Å². The third-order valence-electron chi connectivity index (χ3n) is 5.46. The van der Waals surface area contributed by atoms with Gasteiger partial charge in [-0.3, -0.25) is 14.4 Å². The Balaban J connectivity index is -0.000000253. The van der Waals surface area contributed by atoms with E-state index in [1.54, 1.807) is 38.0 Å². The largest absolute Gasteiger partial charge is 0.329 e. The molecule has 3 aromatic heterocycles. The van der Waals surface area contributed by atoms with Gasteiger partial charge in [-0.1, -0.05) is 75.1 Å². The standard InChI is InChI=1S/C9H14N2O.C8H12N2O3S.C8H12N2OS.C3H8.3CH4/c1-4-5-9-10-6-8(7(2)12)11(9)3;1-4-14(12,13)8-9-5-7(6(2)11)10(8)3;1-4-12-8-9-5-7(6(2)11)10(8)3;1-3-2;;;/h6H,4-5H2,1-3H3;5H,4H2,1-3H3;5H,4H2,1-3H3;3H2,1-2H3;3*1H4. The summed E-state index contributed by atoms with van der Waals surface area (Å²) >= 11 is 1.64. The van der Waals surface area contributed by atoms with Crippen LogP contribution in [-0.4, -0.2) is 65.9 Å². The van der Waals surface area contributed by atoms with Gasteiger partial charge in [0.2, 0.25) is 15.0 Å². The molecule has 254 valence electrons. The number of thioether (sulfide) groups is 1. The van der Waals surface area contributed by atoms with Gasteiger partial charge in [-0.05, 0) is 12.2 Å². The molecule has 0 atom stereocenters. The zero-order chi connectivity index (χ0) is 31.9. The van der Waals surface area contributed by atoms with Gasteiger partial charge in [-0.2, -0.15) is 0 Å². The van der Waals surface area contributed by atoms with E-state index in [-0.39, 0.29) is 50.5 Å². The van der Waals surface area contributed by atoms with Crippen LogP contribution in [0.25, 0.3) is 0 Å². The normalized spacial score (nSPS) is 9.70. The van der Waals surface area contributed by atoms with Crippen LogP contribution in [0.1, 0.15) is 128 Å². The summed E-state index contributed by atoms with van der Waals surface area (Å²) in [6.45, 7) is 14.4. The van der Waals surface area contributed by atoms with Crippen molar-refractivity contribution < 1.29 is 22.8 Å². The second-order valence-electron chi connectivity index (χ2n) is 9.05. The van der Waals surface area contributed by atoms with Crippen molar-refractivity contribution in [3.8, 4) is 0 Å². The Morgan fingerprint density at radius 2 is 1.11 bits per heavy atom. The van der Waals surface area contributed by atoms with E-state index >= 15 is 0 Å². The monoisotopic (exact) mass is 658 g/mol. The molecule has 3 heterocycles. The van der Waals surface area contributed by atoms with Crippen molar-refractivity contribution in [2.45, 2.75) is 107 Å². The van der Waals surface area contributed by atoms with E-state index in [4.69, 9.17) is 0 Å². The smallest absolute Gasteiger partial charge is 0.227 e. The third-order valence-corrected chi connectivity index (χ3v) is 8.08. The van der Waals surface area contributed by atoms with Crippen molar-refractivity contribution in [2.75, 3.05) is 11.5 Å². The molecule has 3 aromatic rings. The number of carbonyl (C=O) groups is 3. The molecule has 0 radical (unpaired) electrons. The fourth-order valence-corrected chi connectivity index (χ4v) is 5.02. The van der Waals surface area contributed by atoms with Crippen LogP contribution in [-0.2, 0) is 37.4 Å². The molecular formula is C31H58N6O5S2. The molecular weight excluding hydrogens is 601 g/mol. The first-order valence-electron chi connectivity index (χ1n) is 13.6. The Kier molecular flexibility index (Phi) is 25.4.